The molecule has 25 heavy (non-hydrogen) atoms. The third kappa shape index (κ3) is 6.58. The molecule has 1 heterocycles. The van der Waals surface area contributed by atoms with Crippen LogP contribution >= 0.6 is 11.3 Å². The molecular weight excluding hydrogens is 357 g/mol. The number of benzene rings is 1. The molecule has 0 aliphatic rings. The Morgan fingerprint density at radius 2 is 1.72 bits per heavy atom. The summed E-state index contributed by atoms with van der Waals surface area (Å²) >= 11 is 1.37. The number of esters is 1. The van der Waals surface area contributed by atoms with Gasteiger partial charge in [-0.3, -0.25) is 9.59 Å². The second-order valence-corrected chi connectivity index (χ2v) is 6.47. The first-order valence-electron chi connectivity index (χ1n) is 7.33. The lowest BCUT2D eigenvalue weighted by atomic mass is 10.2. The number of alkyl halides is 3. The molecule has 0 bridgehead atoms. The average molecular weight is 372 g/mol. The monoisotopic (exact) mass is 372 g/mol. The zero-order valence-corrected chi connectivity index (χ0v) is 14.1. The molecule has 134 valence electrons. The van der Waals surface area contributed by atoms with Crippen LogP contribution in [0.2, 0.25) is 0 Å². The van der Waals surface area contributed by atoms with E-state index >= 15 is 0 Å². The molecule has 0 aliphatic heterocycles. The highest BCUT2D eigenvalue weighted by atomic mass is 32.1. The van der Waals surface area contributed by atoms with Crippen molar-refractivity contribution < 1.29 is 32.2 Å². The van der Waals surface area contributed by atoms with Crippen LogP contribution < -0.4 is 4.74 Å². The second-order valence-electron chi connectivity index (χ2n) is 5.19. The molecule has 0 N–H and O–H groups in total. The summed E-state index contributed by atoms with van der Waals surface area (Å²) < 4.78 is 44.9. The van der Waals surface area contributed by atoms with E-state index in [0.29, 0.717) is 10.4 Å². The fourth-order valence-electron chi connectivity index (χ4n) is 1.95. The third-order valence-corrected chi connectivity index (χ3v) is 4.17. The van der Waals surface area contributed by atoms with Gasteiger partial charge < -0.3 is 9.47 Å². The molecule has 1 aromatic heterocycles. The summed E-state index contributed by atoms with van der Waals surface area (Å²) in [7, 11) is 0. The van der Waals surface area contributed by atoms with Crippen LogP contribution in [0.25, 0.3) is 0 Å². The highest BCUT2D eigenvalue weighted by Gasteiger charge is 2.30. The number of halogens is 3. The van der Waals surface area contributed by atoms with Gasteiger partial charge in [0.05, 0.1) is 11.3 Å². The molecule has 0 unspecified atom stereocenters. The van der Waals surface area contributed by atoms with Crippen LogP contribution in [-0.4, -0.2) is 18.1 Å². The maximum atomic E-state index is 12.1. The molecule has 0 amide bonds. The van der Waals surface area contributed by atoms with Crippen molar-refractivity contribution in [3.8, 4) is 5.75 Å². The summed E-state index contributed by atoms with van der Waals surface area (Å²) in [6, 6.07) is 8.57. The number of rotatable bonds is 7. The zero-order valence-electron chi connectivity index (χ0n) is 13.3. The number of hydrogen-bond donors (Lipinski definition) is 0. The fourth-order valence-corrected chi connectivity index (χ4v) is 2.78. The van der Waals surface area contributed by atoms with Gasteiger partial charge in [-0.25, -0.2) is 0 Å². The second kappa shape index (κ2) is 8.15. The van der Waals surface area contributed by atoms with E-state index in [-0.39, 0.29) is 31.0 Å². The Kier molecular flexibility index (Phi) is 6.19. The van der Waals surface area contributed by atoms with Crippen LogP contribution in [-0.2, 0) is 16.1 Å². The molecule has 0 atom stereocenters. The van der Waals surface area contributed by atoms with Crippen LogP contribution in [0.4, 0.5) is 13.2 Å². The van der Waals surface area contributed by atoms with Crippen molar-refractivity contribution in [1.82, 2.24) is 0 Å². The van der Waals surface area contributed by atoms with Crippen LogP contribution in [0.3, 0.4) is 0 Å². The molecule has 0 saturated carbocycles. The van der Waals surface area contributed by atoms with Crippen molar-refractivity contribution >= 4 is 23.1 Å². The number of thiophene rings is 1. The molecule has 4 nitrogen and oxygen atoms in total. The lowest BCUT2D eigenvalue weighted by molar-refractivity contribution is -0.274. The average Bonchev–Trinajstić information content (AvgIpc) is 2.97. The molecular formula is C17H15F3O4S. The number of hydrogen-bond acceptors (Lipinski definition) is 5. The summed E-state index contributed by atoms with van der Waals surface area (Å²) in [6.07, 6.45) is -4.75. The van der Waals surface area contributed by atoms with Crippen LogP contribution in [0.1, 0.15) is 33.0 Å². The summed E-state index contributed by atoms with van der Waals surface area (Å²) in [4.78, 5) is 25.2. The Labute approximate surface area is 146 Å². The van der Waals surface area contributed by atoms with E-state index in [2.05, 4.69) is 4.74 Å². The fraction of sp³-hybridized carbons (Fsp3) is 0.294. The first-order valence-corrected chi connectivity index (χ1v) is 8.14. The minimum atomic E-state index is -4.75. The van der Waals surface area contributed by atoms with Gasteiger partial charge in [0.1, 0.15) is 12.4 Å². The van der Waals surface area contributed by atoms with Crippen molar-refractivity contribution in [2.45, 2.75) is 32.7 Å². The molecule has 0 fully saturated rings. The van der Waals surface area contributed by atoms with Crippen LogP contribution in [0.15, 0.2) is 36.4 Å². The van der Waals surface area contributed by atoms with E-state index in [0.717, 1.165) is 17.0 Å². The largest absolute Gasteiger partial charge is 0.573 e. The molecule has 0 spiro atoms. The number of ketones is 1. The number of carbonyl (C=O) groups excluding carboxylic acids is 2. The van der Waals surface area contributed by atoms with Gasteiger partial charge in [-0.15, -0.1) is 24.5 Å². The van der Waals surface area contributed by atoms with Gasteiger partial charge in [-0.1, -0.05) is 12.1 Å². The minimum absolute atomic E-state index is 0.0505. The molecule has 2 rings (SSSR count). The number of aryl methyl sites for hydroxylation is 1. The van der Waals surface area contributed by atoms with E-state index < -0.39 is 12.3 Å². The van der Waals surface area contributed by atoms with E-state index in [1.807, 2.05) is 13.0 Å². The van der Waals surface area contributed by atoms with Crippen molar-refractivity contribution in [3.63, 3.8) is 0 Å². The molecule has 0 radical (unpaired) electrons. The minimum Gasteiger partial charge on any atom is -0.461 e. The highest BCUT2D eigenvalue weighted by molar-refractivity contribution is 7.14. The van der Waals surface area contributed by atoms with Gasteiger partial charge in [0, 0.05) is 11.3 Å². The lowest BCUT2D eigenvalue weighted by Crippen LogP contribution is -2.17. The number of Topliss-reactive ketones (excluding diaryl/α,β-unsaturated/α-hetero) is 1. The van der Waals surface area contributed by atoms with Gasteiger partial charge in [0.25, 0.3) is 0 Å². The first-order chi connectivity index (χ1) is 11.7. The van der Waals surface area contributed by atoms with Crippen molar-refractivity contribution in [2.75, 3.05) is 0 Å². The standard InChI is InChI=1S/C17H15F3O4S/c1-11-2-8-15(25-11)14(21)7-9-16(22)23-10-12-3-5-13(6-4-12)24-17(18,19)20/h2-6,8H,7,9-10H2,1H3. The predicted octanol–water partition coefficient (Wildman–Crippen LogP) is 4.66. The topological polar surface area (TPSA) is 52.6 Å². The van der Waals surface area contributed by atoms with Gasteiger partial charge >= 0.3 is 12.3 Å². The Hall–Kier alpha value is -2.35. The Balaban J connectivity index is 1.75. The van der Waals surface area contributed by atoms with E-state index in [1.54, 1.807) is 6.07 Å². The summed E-state index contributed by atoms with van der Waals surface area (Å²) in [5.74, 6) is -1.01. The summed E-state index contributed by atoms with van der Waals surface area (Å²) in [5.41, 5.74) is 0.517. The smallest absolute Gasteiger partial charge is 0.461 e. The zero-order chi connectivity index (χ0) is 18.4. The Morgan fingerprint density at radius 1 is 1.04 bits per heavy atom. The third-order valence-electron chi connectivity index (χ3n) is 3.13. The van der Waals surface area contributed by atoms with E-state index in [1.165, 1.54) is 23.5 Å². The molecule has 1 aromatic carbocycles. The van der Waals surface area contributed by atoms with E-state index in [9.17, 15) is 22.8 Å². The molecule has 8 heteroatoms. The maximum absolute atomic E-state index is 12.1. The Morgan fingerprint density at radius 3 is 2.28 bits per heavy atom. The van der Waals surface area contributed by atoms with Crippen LogP contribution in [0, 0.1) is 6.92 Å². The van der Waals surface area contributed by atoms with Gasteiger partial charge in [0.2, 0.25) is 0 Å². The summed E-state index contributed by atoms with van der Waals surface area (Å²) in [5, 5.41) is 0. The number of carbonyl (C=O) groups is 2. The van der Waals surface area contributed by atoms with Gasteiger partial charge in [-0.05, 0) is 36.8 Å². The normalized spacial score (nSPS) is 11.2. The van der Waals surface area contributed by atoms with Gasteiger partial charge in [-0.2, -0.15) is 0 Å². The molecule has 2 aromatic rings. The van der Waals surface area contributed by atoms with Crippen molar-refractivity contribution in [2.24, 2.45) is 0 Å². The van der Waals surface area contributed by atoms with Crippen LogP contribution in [0.5, 0.6) is 5.75 Å². The Bertz CT molecular complexity index is 735. The predicted molar refractivity (Wildman–Crippen MR) is 85.5 cm³/mol. The SMILES string of the molecule is Cc1ccc(C(=O)CCC(=O)OCc2ccc(OC(F)(F)F)cc2)s1. The quantitative estimate of drug-likeness (QED) is 0.524. The van der Waals surface area contributed by atoms with Gasteiger partial charge in [0.15, 0.2) is 5.78 Å². The van der Waals surface area contributed by atoms with Crippen molar-refractivity contribution in [3.05, 3.63) is 51.7 Å². The highest BCUT2D eigenvalue weighted by Crippen LogP contribution is 2.23. The lowest BCUT2D eigenvalue weighted by Gasteiger charge is -2.09. The van der Waals surface area contributed by atoms with Crippen molar-refractivity contribution in [1.29, 1.82) is 0 Å². The molecule has 0 aliphatic carbocycles. The van der Waals surface area contributed by atoms with E-state index in [4.69, 9.17) is 4.74 Å². The number of ether oxygens (including phenoxy) is 2. The first kappa shape index (κ1) is 19.0. The molecule has 0 saturated heterocycles. The summed E-state index contributed by atoms with van der Waals surface area (Å²) in [6.45, 7) is 1.80. The maximum Gasteiger partial charge on any atom is 0.573 e.